The molecule has 1 aliphatic carbocycles. The summed E-state index contributed by atoms with van der Waals surface area (Å²) in [6, 6.07) is 6.17. The van der Waals surface area contributed by atoms with Crippen molar-refractivity contribution >= 4 is 22.9 Å². The molecule has 0 aromatic carbocycles. The fourth-order valence-electron chi connectivity index (χ4n) is 3.14. The number of aliphatic hydroxyl groups is 1. The summed E-state index contributed by atoms with van der Waals surface area (Å²) in [6.45, 7) is 3.83. The van der Waals surface area contributed by atoms with E-state index >= 15 is 0 Å². The summed E-state index contributed by atoms with van der Waals surface area (Å²) < 4.78 is 2.94. The number of thiophene rings is 1. The van der Waals surface area contributed by atoms with Crippen molar-refractivity contribution in [3.63, 3.8) is 0 Å². The van der Waals surface area contributed by atoms with Crippen LogP contribution in [0.1, 0.15) is 41.6 Å². The maximum atomic E-state index is 10.3. The monoisotopic (exact) mass is 337 g/mol. The third-order valence-corrected chi connectivity index (χ3v) is 5.71. The fraction of sp³-hybridized carbons (Fsp3) is 0.562. The van der Waals surface area contributed by atoms with Crippen molar-refractivity contribution in [2.45, 2.75) is 45.0 Å². The summed E-state index contributed by atoms with van der Waals surface area (Å²) in [7, 11) is 0. The van der Waals surface area contributed by atoms with Gasteiger partial charge in [0.1, 0.15) is 6.10 Å². The van der Waals surface area contributed by atoms with Gasteiger partial charge in [-0.2, -0.15) is 5.10 Å². The van der Waals surface area contributed by atoms with E-state index < -0.39 is 0 Å². The molecule has 0 amide bonds. The SMILES string of the molecule is OC(c1cc2n(n1)CCCN(Cc1ccc(Cl)s1)C2)C1CC1. The Bertz CT molecular complexity index is 664. The topological polar surface area (TPSA) is 41.3 Å². The summed E-state index contributed by atoms with van der Waals surface area (Å²) >= 11 is 7.68. The lowest BCUT2D eigenvalue weighted by Crippen LogP contribution is -2.22. The van der Waals surface area contributed by atoms with Crippen LogP contribution in [-0.2, 0) is 19.6 Å². The van der Waals surface area contributed by atoms with Crippen molar-refractivity contribution in [2.24, 2.45) is 5.92 Å². The number of aryl methyl sites for hydroxylation is 1. The van der Waals surface area contributed by atoms with Gasteiger partial charge < -0.3 is 5.11 Å². The third kappa shape index (κ3) is 3.08. The van der Waals surface area contributed by atoms with Crippen LogP contribution in [0.4, 0.5) is 0 Å². The van der Waals surface area contributed by atoms with E-state index in [2.05, 4.69) is 26.8 Å². The summed E-state index contributed by atoms with van der Waals surface area (Å²) in [5, 5.41) is 14.9. The van der Waals surface area contributed by atoms with Crippen molar-refractivity contribution in [2.75, 3.05) is 6.54 Å². The summed E-state index contributed by atoms with van der Waals surface area (Å²) in [5.74, 6) is 0.434. The van der Waals surface area contributed by atoms with Gasteiger partial charge in [-0.15, -0.1) is 11.3 Å². The highest BCUT2D eigenvalue weighted by atomic mass is 35.5. The van der Waals surface area contributed by atoms with E-state index in [1.54, 1.807) is 11.3 Å². The minimum Gasteiger partial charge on any atom is -0.386 e. The quantitative estimate of drug-likeness (QED) is 0.929. The van der Waals surface area contributed by atoms with Crippen molar-refractivity contribution in [1.82, 2.24) is 14.7 Å². The Morgan fingerprint density at radius 3 is 2.95 bits per heavy atom. The zero-order valence-corrected chi connectivity index (χ0v) is 14.0. The van der Waals surface area contributed by atoms with Gasteiger partial charge >= 0.3 is 0 Å². The first kappa shape index (κ1) is 14.7. The third-order valence-electron chi connectivity index (χ3n) is 4.49. The molecule has 4 rings (SSSR count). The molecule has 1 N–H and O–H groups in total. The Labute approximate surface area is 139 Å². The Hall–Kier alpha value is -0.880. The fourth-order valence-corrected chi connectivity index (χ4v) is 4.27. The van der Waals surface area contributed by atoms with Crippen molar-refractivity contribution < 1.29 is 5.11 Å². The predicted octanol–water partition coefficient (Wildman–Crippen LogP) is 3.45. The number of fused-ring (bicyclic) bond motifs is 1. The molecule has 0 bridgehead atoms. The van der Waals surface area contributed by atoms with E-state index in [0.29, 0.717) is 5.92 Å². The minimum absolute atomic E-state index is 0.371. The normalized spacial score (nSPS) is 20.6. The highest BCUT2D eigenvalue weighted by molar-refractivity contribution is 7.16. The van der Waals surface area contributed by atoms with Gasteiger partial charge in [-0.25, -0.2) is 0 Å². The van der Waals surface area contributed by atoms with E-state index in [1.807, 2.05) is 6.07 Å². The largest absolute Gasteiger partial charge is 0.386 e. The number of hydrogen-bond acceptors (Lipinski definition) is 4. The highest BCUT2D eigenvalue weighted by Crippen LogP contribution is 2.40. The number of hydrogen-bond donors (Lipinski definition) is 1. The molecule has 0 saturated heterocycles. The average molecular weight is 338 g/mol. The number of rotatable bonds is 4. The maximum Gasteiger partial charge on any atom is 0.101 e. The summed E-state index contributed by atoms with van der Waals surface area (Å²) in [5.41, 5.74) is 2.08. The second kappa shape index (κ2) is 5.96. The van der Waals surface area contributed by atoms with E-state index in [4.69, 9.17) is 11.6 Å². The first-order chi connectivity index (χ1) is 10.7. The first-order valence-corrected chi connectivity index (χ1v) is 9.10. The van der Waals surface area contributed by atoms with Gasteiger partial charge in [0.15, 0.2) is 0 Å². The number of aromatic nitrogens is 2. The van der Waals surface area contributed by atoms with Crippen molar-refractivity contribution in [3.8, 4) is 0 Å². The van der Waals surface area contributed by atoms with Crippen molar-refractivity contribution in [1.29, 1.82) is 0 Å². The molecule has 0 spiro atoms. The maximum absolute atomic E-state index is 10.3. The average Bonchev–Trinajstić information content (AvgIpc) is 3.20. The second-order valence-corrected chi connectivity index (χ2v) is 8.14. The van der Waals surface area contributed by atoms with E-state index in [1.165, 1.54) is 10.6 Å². The molecule has 1 aliphatic heterocycles. The summed E-state index contributed by atoms with van der Waals surface area (Å²) in [6.07, 6.45) is 2.99. The zero-order chi connectivity index (χ0) is 15.1. The molecule has 6 heteroatoms. The van der Waals surface area contributed by atoms with Crippen LogP contribution in [0.3, 0.4) is 0 Å². The van der Waals surface area contributed by atoms with Gasteiger partial charge in [-0.05, 0) is 43.4 Å². The Kier molecular flexibility index (Phi) is 3.98. The van der Waals surface area contributed by atoms with Crippen LogP contribution >= 0.6 is 22.9 Å². The van der Waals surface area contributed by atoms with Gasteiger partial charge in [0, 0.05) is 31.1 Å². The van der Waals surface area contributed by atoms with E-state index in [9.17, 15) is 5.11 Å². The Balaban J connectivity index is 1.49. The zero-order valence-electron chi connectivity index (χ0n) is 12.4. The first-order valence-electron chi connectivity index (χ1n) is 7.90. The second-order valence-electron chi connectivity index (χ2n) is 6.34. The molecule has 2 aromatic rings. The van der Waals surface area contributed by atoms with E-state index in [0.717, 1.165) is 55.5 Å². The lowest BCUT2D eigenvalue weighted by atomic mass is 10.1. The molecule has 118 valence electrons. The smallest absolute Gasteiger partial charge is 0.101 e. The molecule has 1 fully saturated rings. The molecule has 0 radical (unpaired) electrons. The molecule has 3 heterocycles. The number of nitrogens with zero attached hydrogens (tertiary/aromatic N) is 3. The Morgan fingerprint density at radius 2 is 2.23 bits per heavy atom. The van der Waals surface area contributed by atoms with Crippen LogP contribution in [0, 0.1) is 5.92 Å². The summed E-state index contributed by atoms with van der Waals surface area (Å²) in [4.78, 5) is 3.74. The van der Waals surface area contributed by atoms with Crippen LogP contribution in [-0.4, -0.2) is 26.3 Å². The van der Waals surface area contributed by atoms with E-state index in [-0.39, 0.29) is 6.10 Å². The molecule has 1 unspecified atom stereocenters. The molecule has 2 aromatic heterocycles. The minimum atomic E-state index is -0.371. The molecule has 2 aliphatic rings. The van der Waals surface area contributed by atoms with Gasteiger partial charge in [0.05, 0.1) is 15.7 Å². The van der Waals surface area contributed by atoms with Gasteiger partial charge in [-0.3, -0.25) is 9.58 Å². The molecular weight excluding hydrogens is 318 g/mol. The van der Waals surface area contributed by atoms with Crippen LogP contribution in [0.5, 0.6) is 0 Å². The van der Waals surface area contributed by atoms with Crippen LogP contribution in [0.2, 0.25) is 4.34 Å². The lowest BCUT2D eigenvalue weighted by molar-refractivity contribution is 0.148. The Morgan fingerprint density at radius 1 is 1.36 bits per heavy atom. The lowest BCUT2D eigenvalue weighted by Gasteiger charge is -2.18. The standard InChI is InChI=1S/C16H20ClN3OS/c17-15-5-4-13(22-15)10-19-6-1-7-20-12(9-19)8-14(18-20)16(21)11-2-3-11/h4-5,8,11,16,21H,1-3,6-7,9-10H2. The van der Waals surface area contributed by atoms with Crippen LogP contribution in [0.15, 0.2) is 18.2 Å². The number of aliphatic hydroxyl groups excluding tert-OH is 1. The molecule has 1 atom stereocenters. The number of halogens is 1. The molecule has 1 saturated carbocycles. The van der Waals surface area contributed by atoms with Crippen LogP contribution in [0.25, 0.3) is 0 Å². The molecule has 4 nitrogen and oxygen atoms in total. The van der Waals surface area contributed by atoms with Gasteiger partial charge in [0.2, 0.25) is 0 Å². The van der Waals surface area contributed by atoms with Crippen molar-refractivity contribution in [3.05, 3.63) is 38.8 Å². The van der Waals surface area contributed by atoms with Gasteiger partial charge in [0.25, 0.3) is 0 Å². The molecular formula is C16H20ClN3OS. The predicted molar refractivity (Wildman–Crippen MR) is 88.0 cm³/mol. The highest BCUT2D eigenvalue weighted by Gasteiger charge is 2.33. The van der Waals surface area contributed by atoms with Gasteiger partial charge in [-0.1, -0.05) is 11.6 Å². The molecule has 22 heavy (non-hydrogen) atoms. The van der Waals surface area contributed by atoms with Crippen LogP contribution < -0.4 is 0 Å².